The third kappa shape index (κ3) is 7.48. The van der Waals surface area contributed by atoms with Crippen molar-refractivity contribution in [2.75, 3.05) is 13.1 Å². The highest BCUT2D eigenvalue weighted by Crippen LogP contribution is 2.37. The first-order chi connectivity index (χ1) is 11.3. The molecule has 2 fully saturated rings. The van der Waals surface area contributed by atoms with Gasteiger partial charge in [0, 0.05) is 12.6 Å². The maximum absolute atomic E-state index is 12.7. The first-order valence-electron chi connectivity index (χ1n) is 9.16. The number of hydrogen-bond donors (Lipinski definition) is 3. The van der Waals surface area contributed by atoms with E-state index in [0.717, 1.165) is 32.1 Å². The van der Waals surface area contributed by atoms with Crippen LogP contribution in [0.4, 0.5) is 13.2 Å². The Labute approximate surface area is 165 Å². The number of alkyl halides is 3. The van der Waals surface area contributed by atoms with E-state index >= 15 is 0 Å². The van der Waals surface area contributed by atoms with Crippen LogP contribution < -0.4 is 10.6 Å². The van der Waals surface area contributed by atoms with E-state index in [-0.39, 0.29) is 42.9 Å². The van der Waals surface area contributed by atoms with Gasteiger partial charge in [0.15, 0.2) is 5.96 Å². The molecule has 0 aromatic heterocycles. The molecule has 25 heavy (non-hydrogen) atoms. The maximum atomic E-state index is 12.7. The summed E-state index contributed by atoms with van der Waals surface area (Å²) in [6.45, 7) is 2.98. The van der Waals surface area contributed by atoms with Gasteiger partial charge >= 0.3 is 6.18 Å². The van der Waals surface area contributed by atoms with Crippen molar-refractivity contribution in [3.05, 3.63) is 0 Å². The quantitative estimate of drug-likeness (QED) is 0.326. The average molecular weight is 477 g/mol. The zero-order chi connectivity index (χ0) is 17.6. The highest BCUT2D eigenvalue weighted by molar-refractivity contribution is 14.0. The predicted octanol–water partition coefficient (Wildman–Crippen LogP) is 3.98. The first-order valence-corrected chi connectivity index (χ1v) is 9.16. The second-order valence-electron chi connectivity index (χ2n) is 7.21. The summed E-state index contributed by atoms with van der Waals surface area (Å²) in [6, 6.07) is 0.0161. The van der Waals surface area contributed by atoms with Gasteiger partial charge < -0.3 is 15.7 Å². The summed E-state index contributed by atoms with van der Waals surface area (Å²) < 4.78 is 38.2. The van der Waals surface area contributed by atoms with Gasteiger partial charge in [-0.25, -0.2) is 0 Å². The lowest BCUT2D eigenvalue weighted by Gasteiger charge is -2.32. The van der Waals surface area contributed by atoms with Crippen molar-refractivity contribution in [3.8, 4) is 0 Å². The summed E-state index contributed by atoms with van der Waals surface area (Å²) in [5.74, 6) is -0.565. The standard InChI is InChI=1S/C17H30F3N3O.HI/c1-2-21-15(22-12-16(24)10-4-3-5-11-16)23-14-8-6-13(7-9-14)17(18,19)20;/h13-14,24H,2-12H2,1H3,(H2,21,22,23);1H. The molecule has 0 heterocycles. The Morgan fingerprint density at radius 1 is 1.12 bits per heavy atom. The number of halogens is 4. The van der Waals surface area contributed by atoms with Gasteiger partial charge in [-0.2, -0.15) is 13.2 Å². The van der Waals surface area contributed by atoms with Crippen LogP contribution in [0, 0.1) is 5.92 Å². The van der Waals surface area contributed by atoms with Crippen molar-refractivity contribution in [3.63, 3.8) is 0 Å². The first kappa shape index (κ1) is 22.8. The van der Waals surface area contributed by atoms with Crippen LogP contribution in [0.2, 0.25) is 0 Å². The zero-order valence-corrected chi connectivity index (χ0v) is 17.2. The lowest BCUT2D eigenvalue weighted by molar-refractivity contribution is -0.182. The molecule has 0 unspecified atom stereocenters. The smallest absolute Gasteiger partial charge is 0.388 e. The topological polar surface area (TPSA) is 56.7 Å². The van der Waals surface area contributed by atoms with Crippen LogP contribution in [0.25, 0.3) is 0 Å². The Hall–Kier alpha value is -0.250. The number of aliphatic imine (C=N–C) groups is 1. The molecule has 0 saturated heterocycles. The zero-order valence-electron chi connectivity index (χ0n) is 14.9. The highest BCUT2D eigenvalue weighted by atomic mass is 127. The fourth-order valence-corrected chi connectivity index (χ4v) is 3.67. The number of nitrogens with zero attached hydrogens (tertiary/aromatic N) is 1. The molecule has 0 atom stereocenters. The Balaban J connectivity index is 0.00000312. The van der Waals surface area contributed by atoms with Crippen molar-refractivity contribution >= 4 is 29.9 Å². The molecule has 2 aliphatic rings. The van der Waals surface area contributed by atoms with Crippen LogP contribution in [0.3, 0.4) is 0 Å². The lowest BCUT2D eigenvalue weighted by atomic mass is 9.85. The van der Waals surface area contributed by atoms with E-state index in [1.54, 1.807) is 0 Å². The van der Waals surface area contributed by atoms with E-state index in [1.807, 2.05) is 6.92 Å². The van der Waals surface area contributed by atoms with Crippen LogP contribution in [-0.2, 0) is 0 Å². The summed E-state index contributed by atoms with van der Waals surface area (Å²) in [5, 5.41) is 16.9. The normalized spacial score (nSPS) is 27.3. The fraction of sp³-hybridized carbons (Fsp3) is 0.941. The van der Waals surface area contributed by atoms with Gasteiger partial charge in [0.25, 0.3) is 0 Å². The Bertz CT molecular complexity index is 418. The van der Waals surface area contributed by atoms with Crippen molar-refractivity contribution in [2.24, 2.45) is 10.9 Å². The van der Waals surface area contributed by atoms with Gasteiger partial charge in [-0.1, -0.05) is 19.3 Å². The molecular formula is C17H31F3IN3O. The number of rotatable bonds is 4. The van der Waals surface area contributed by atoms with Crippen molar-refractivity contribution < 1.29 is 18.3 Å². The van der Waals surface area contributed by atoms with Gasteiger partial charge in [-0.15, -0.1) is 24.0 Å². The van der Waals surface area contributed by atoms with Crippen LogP contribution in [-0.4, -0.2) is 42.0 Å². The molecule has 148 valence electrons. The summed E-state index contributed by atoms with van der Waals surface area (Å²) in [5.41, 5.74) is -0.728. The molecule has 0 aliphatic heterocycles. The highest BCUT2D eigenvalue weighted by Gasteiger charge is 2.41. The number of guanidine groups is 1. The molecule has 2 aliphatic carbocycles. The largest absolute Gasteiger partial charge is 0.391 e. The van der Waals surface area contributed by atoms with Crippen LogP contribution in [0.1, 0.15) is 64.7 Å². The van der Waals surface area contributed by atoms with Crippen LogP contribution in [0.5, 0.6) is 0 Å². The molecule has 0 amide bonds. The monoisotopic (exact) mass is 477 g/mol. The van der Waals surface area contributed by atoms with Crippen molar-refractivity contribution in [1.29, 1.82) is 0 Å². The van der Waals surface area contributed by atoms with Gasteiger partial charge in [-0.3, -0.25) is 4.99 Å². The summed E-state index contributed by atoms with van der Waals surface area (Å²) in [4.78, 5) is 4.49. The summed E-state index contributed by atoms with van der Waals surface area (Å²) >= 11 is 0. The number of hydrogen-bond acceptors (Lipinski definition) is 2. The Morgan fingerprint density at radius 3 is 2.24 bits per heavy atom. The van der Waals surface area contributed by atoms with E-state index in [0.29, 0.717) is 31.9 Å². The number of nitrogens with one attached hydrogen (secondary N) is 2. The molecule has 0 aromatic carbocycles. The lowest BCUT2D eigenvalue weighted by Crippen LogP contribution is -2.46. The maximum Gasteiger partial charge on any atom is 0.391 e. The van der Waals surface area contributed by atoms with Crippen LogP contribution in [0.15, 0.2) is 4.99 Å². The summed E-state index contributed by atoms with van der Waals surface area (Å²) in [6.07, 6.45) is 2.02. The van der Waals surface area contributed by atoms with Gasteiger partial charge in [-0.05, 0) is 45.4 Å². The van der Waals surface area contributed by atoms with E-state index in [4.69, 9.17) is 0 Å². The minimum absolute atomic E-state index is 0. The molecule has 2 rings (SSSR count). The molecule has 2 saturated carbocycles. The second-order valence-corrected chi connectivity index (χ2v) is 7.21. The van der Waals surface area contributed by atoms with Gasteiger partial charge in [0.2, 0.25) is 0 Å². The molecule has 0 spiro atoms. The second kappa shape index (κ2) is 10.2. The van der Waals surface area contributed by atoms with E-state index in [9.17, 15) is 18.3 Å². The predicted molar refractivity (Wildman–Crippen MR) is 104 cm³/mol. The minimum Gasteiger partial charge on any atom is -0.388 e. The molecule has 8 heteroatoms. The molecule has 0 aromatic rings. The van der Waals surface area contributed by atoms with Gasteiger partial charge in [0.05, 0.1) is 18.1 Å². The average Bonchev–Trinajstić information content (AvgIpc) is 2.53. The Kier molecular flexibility index (Phi) is 9.28. The van der Waals surface area contributed by atoms with E-state index < -0.39 is 17.7 Å². The third-order valence-electron chi connectivity index (χ3n) is 5.19. The molecular weight excluding hydrogens is 446 g/mol. The molecule has 0 radical (unpaired) electrons. The fourth-order valence-electron chi connectivity index (χ4n) is 3.67. The van der Waals surface area contributed by atoms with E-state index in [2.05, 4.69) is 15.6 Å². The Morgan fingerprint density at radius 2 is 1.72 bits per heavy atom. The van der Waals surface area contributed by atoms with Gasteiger partial charge in [0.1, 0.15) is 0 Å². The van der Waals surface area contributed by atoms with Crippen LogP contribution >= 0.6 is 24.0 Å². The molecule has 3 N–H and O–H groups in total. The molecule has 4 nitrogen and oxygen atoms in total. The minimum atomic E-state index is -4.08. The summed E-state index contributed by atoms with van der Waals surface area (Å²) in [7, 11) is 0. The van der Waals surface area contributed by atoms with Crippen molar-refractivity contribution in [1.82, 2.24) is 10.6 Å². The van der Waals surface area contributed by atoms with Crippen molar-refractivity contribution in [2.45, 2.75) is 82.5 Å². The number of aliphatic hydroxyl groups is 1. The molecule has 0 bridgehead atoms. The third-order valence-corrected chi connectivity index (χ3v) is 5.19. The SMILES string of the molecule is CCNC(=NCC1(O)CCCCC1)NC1CCC(C(F)(F)F)CC1.I. The van der Waals surface area contributed by atoms with E-state index in [1.165, 1.54) is 0 Å².